The number of carbonyl (C=O) groups is 1. The largest absolute Gasteiger partial charge is 0.308 e. The molecule has 0 aliphatic carbocycles. The minimum atomic E-state index is -0.322. The average Bonchev–Trinajstić information content (AvgIpc) is 3.02. The zero-order chi connectivity index (χ0) is 18.8. The molecule has 0 atom stereocenters. The van der Waals surface area contributed by atoms with Crippen molar-refractivity contribution >= 4 is 27.3 Å². The second kappa shape index (κ2) is 7.74. The van der Waals surface area contributed by atoms with Crippen LogP contribution in [-0.4, -0.2) is 34.9 Å². The molecule has 1 aromatic heterocycles. The van der Waals surface area contributed by atoms with Gasteiger partial charge in [-0.25, -0.2) is 4.39 Å². The summed E-state index contributed by atoms with van der Waals surface area (Å²) in [6.45, 7) is 3.15. The standard InChI is InChI=1S/C21H21FN2O2S/c22-17-7-5-15(6-8-17)20(25)16-9-11-23(12-10-16)13-14-24-18-3-1-2-4-19(18)27-21(24)26/h1-8,16H,9-14H2. The van der Waals surface area contributed by atoms with Crippen molar-refractivity contribution < 1.29 is 9.18 Å². The Morgan fingerprint density at radius 3 is 2.48 bits per heavy atom. The van der Waals surface area contributed by atoms with E-state index in [1.807, 2.05) is 28.8 Å². The Balaban J connectivity index is 1.34. The molecule has 4 rings (SSSR count). The maximum atomic E-state index is 13.0. The Morgan fingerprint density at radius 1 is 1.04 bits per heavy atom. The van der Waals surface area contributed by atoms with E-state index in [1.165, 1.54) is 23.5 Å². The van der Waals surface area contributed by atoms with E-state index in [4.69, 9.17) is 0 Å². The first-order chi connectivity index (χ1) is 13.1. The number of hydrogen-bond donors (Lipinski definition) is 0. The molecule has 0 saturated carbocycles. The summed E-state index contributed by atoms with van der Waals surface area (Å²) in [4.78, 5) is 27.2. The summed E-state index contributed by atoms with van der Waals surface area (Å²) in [5.41, 5.74) is 1.58. The predicted molar refractivity (Wildman–Crippen MR) is 106 cm³/mol. The van der Waals surface area contributed by atoms with E-state index in [2.05, 4.69) is 4.90 Å². The molecule has 1 fully saturated rings. The van der Waals surface area contributed by atoms with Gasteiger partial charge in [-0.1, -0.05) is 23.5 Å². The number of hydrogen-bond acceptors (Lipinski definition) is 4. The Kier molecular flexibility index (Phi) is 5.18. The molecule has 1 aliphatic heterocycles. The van der Waals surface area contributed by atoms with E-state index in [0.29, 0.717) is 12.1 Å². The number of benzene rings is 2. The third kappa shape index (κ3) is 3.87. The lowest BCUT2D eigenvalue weighted by Gasteiger charge is -2.31. The van der Waals surface area contributed by atoms with Crippen molar-refractivity contribution in [2.75, 3.05) is 19.6 Å². The summed E-state index contributed by atoms with van der Waals surface area (Å²) in [6, 6.07) is 13.7. The van der Waals surface area contributed by atoms with Gasteiger partial charge in [0, 0.05) is 24.6 Å². The van der Waals surface area contributed by atoms with Crippen LogP contribution in [0.2, 0.25) is 0 Å². The number of fused-ring (bicyclic) bond motifs is 1. The van der Waals surface area contributed by atoms with Crippen LogP contribution >= 0.6 is 11.3 Å². The van der Waals surface area contributed by atoms with Crippen LogP contribution in [0.1, 0.15) is 23.2 Å². The third-order valence-corrected chi connectivity index (χ3v) is 6.26. The van der Waals surface area contributed by atoms with Crippen LogP contribution in [0.3, 0.4) is 0 Å². The van der Waals surface area contributed by atoms with E-state index in [1.54, 1.807) is 12.1 Å². The van der Waals surface area contributed by atoms with Crippen molar-refractivity contribution in [1.29, 1.82) is 0 Å². The minimum Gasteiger partial charge on any atom is -0.302 e. The summed E-state index contributed by atoms with van der Waals surface area (Å²) >= 11 is 1.29. The zero-order valence-corrected chi connectivity index (χ0v) is 15.8. The summed E-state index contributed by atoms with van der Waals surface area (Å²) in [5, 5.41) is 0. The van der Waals surface area contributed by atoms with Gasteiger partial charge in [-0.2, -0.15) is 0 Å². The molecule has 1 saturated heterocycles. The average molecular weight is 384 g/mol. The summed E-state index contributed by atoms with van der Waals surface area (Å²) < 4.78 is 15.9. The highest BCUT2D eigenvalue weighted by Crippen LogP contribution is 2.22. The minimum absolute atomic E-state index is 0.00332. The van der Waals surface area contributed by atoms with Gasteiger partial charge < -0.3 is 4.90 Å². The fourth-order valence-electron chi connectivity index (χ4n) is 3.74. The number of ketones is 1. The van der Waals surface area contributed by atoms with Crippen molar-refractivity contribution in [3.05, 3.63) is 69.6 Å². The second-order valence-corrected chi connectivity index (χ2v) is 7.97. The molecule has 27 heavy (non-hydrogen) atoms. The molecule has 140 valence electrons. The highest BCUT2D eigenvalue weighted by Gasteiger charge is 2.25. The third-order valence-electron chi connectivity index (χ3n) is 5.30. The normalized spacial score (nSPS) is 16.0. The first kappa shape index (κ1) is 18.1. The van der Waals surface area contributed by atoms with E-state index in [9.17, 15) is 14.0 Å². The predicted octanol–water partition coefficient (Wildman–Crippen LogP) is 3.80. The van der Waals surface area contributed by atoms with Crippen LogP contribution in [-0.2, 0) is 6.54 Å². The number of para-hydroxylation sites is 1. The molecule has 0 amide bonds. The smallest absolute Gasteiger partial charge is 0.302 e. The number of rotatable bonds is 5. The summed E-state index contributed by atoms with van der Waals surface area (Å²) in [5.74, 6) is -0.219. The lowest BCUT2D eigenvalue weighted by molar-refractivity contribution is 0.0837. The number of likely N-dealkylation sites (tertiary alicyclic amines) is 1. The van der Waals surface area contributed by atoms with Crippen molar-refractivity contribution in [2.45, 2.75) is 19.4 Å². The first-order valence-corrected chi connectivity index (χ1v) is 10.0. The van der Waals surface area contributed by atoms with Gasteiger partial charge in [0.2, 0.25) is 0 Å². The quantitative estimate of drug-likeness (QED) is 0.629. The number of thiazole rings is 1. The number of aromatic nitrogens is 1. The number of Topliss-reactive ketones (excluding diaryl/α,β-unsaturated/α-hetero) is 1. The highest BCUT2D eigenvalue weighted by atomic mass is 32.1. The monoisotopic (exact) mass is 384 g/mol. The Bertz CT molecular complexity index is 1000. The maximum absolute atomic E-state index is 13.0. The van der Waals surface area contributed by atoms with Crippen molar-refractivity contribution in [1.82, 2.24) is 9.47 Å². The lowest BCUT2D eigenvalue weighted by atomic mass is 9.89. The van der Waals surface area contributed by atoms with Crippen LogP contribution in [0.25, 0.3) is 10.2 Å². The van der Waals surface area contributed by atoms with Gasteiger partial charge in [0.15, 0.2) is 5.78 Å². The van der Waals surface area contributed by atoms with Crippen molar-refractivity contribution in [2.24, 2.45) is 5.92 Å². The molecule has 2 heterocycles. The topological polar surface area (TPSA) is 42.3 Å². The van der Waals surface area contributed by atoms with E-state index in [0.717, 1.165) is 42.7 Å². The van der Waals surface area contributed by atoms with Crippen LogP contribution in [0.4, 0.5) is 4.39 Å². The van der Waals surface area contributed by atoms with Crippen LogP contribution in [0.15, 0.2) is 53.3 Å². The fourth-order valence-corrected chi connectivity index (χ4v) is 4.65. The molecule has 6 heteroatoms. The number of nitrogens with zero attached hydrogens (tertiary/aromatic N) is 2. The summed E-state index contributed by atoms with van der Waals surface area (Å²) in [7, 11) is 0. The Morgan fingerprint density at radius 2 is 1.74 bits per heavy atom. The van der Waals surface area contributed by atoms with Gasteiger partial charge in [-0.05, 0) is 62.3 Å². The number of halogens is 1. The molecule has 0 unspecified atom stereocenters. The lowest BCUT2D eigenvalue weighted by Crippen LogP contribution is -2.38. The Hall–Kier alpha value is -2.31. The van der Waals surface area contributed by atoms with Gasteiger partial charge in [0.25, 0.3) is 0 Å². The van der Waals surface area contributed by atoms with Crippen LogP contribution in [0.5, 0.6) is 0 Å². The van der Waals surface area contributed by atoms with Crippen LogP contribution in [0, 0.1) is 11.7 Å². The van der Waals surface area contributed by atoms with Crippen LogP contribution < -0.4 is 4.87 Å². The molecule has 3 aromatic rings. The molecule has 0 bridgehead atoms. The van der Waals surface area contributed by atoms with Gasteiger partial charge >= 0.3 is 4.87 Å². The molecule has 4 nitrogen and oxygen atoms in total. The molecular formula is C21H21FN2O2S. The highest BCUT2D eigenvalue weighted by molar-refractivity contribution is 7.16. The molecule has 0 spiro atoms. The number of piperidine rings is 1. The van der Waals surface area contributed by atoms with Gasteiger partial charge in [-0.3, -0.25) is 14.2 Å². The molecule has 2 aromatic carbocycles. The number of carbonyl (C=O) groups excluding carboxylic acids is 1. The fraction of sp³-hybridized carbons (Fsp3) is 0.333. The van der Waals surface area contributed by atoms with Gasteiger partial charge in [0.05, 0.1) is 10.2 Å². The molecular weight excluding hydrogens is 363 g/mol. The molecule has 0 radical (unpaired) electrons. The van der Waals surface area contributed by atoms with E-state index < -0.39 is 0 Å². The second-order valence-electron chi connectivity index (χ2n) is 6.97. The summed E-state index contributed by atoms with van der Waals surface area (Å²) in [6.07, 6.45) is 1.60. The zero-order valence-electron chi connectivity index (χ0n) is 14.9. The van der Waals surface area contributed by atoms with E-state index in [-0.39, 0.29) is 22.4 Å². The first-order valence-electron chi connectivity index (χ1n) is 9.22. The van der Waals surface area contributed by atoms with Crippen molar-refractivity contribution in [3.63, 3.8) is 0 Å². The molecule has 1 aliphatic rings. The van der Waals surface area contributed by atoms with E-state index >= 15 is 0 Å². The molecule has 0 N–H and O–H groups in total. The SMILES string of the molecule is O=C(c1ccc(F)cc1)C1CCN(CCn2c(=O)sc3ccccc32)CC1. The van der Waals surface area contributed by atoms with Gasteiger partial charge in [0.1, 0.15) is 5.82 Å². The Labute approximate surface area is 160 Å². The van der Waals surface area contributed by atoms with Crippen molar-refractivity contribution in [3.8, 4) is 0 Å². The van der Waals surface area contributed by atoms with Gasteiger partial charge in [-0.15, -0.1) is 0 Å². The maximum Gasteiger partial charge on any atom is 0.308 e.